The molecule has 1 saturated heterocycles. The minimum absolute atomic E-state index is 0.164. The molecule has 1 fully saturated rings. The Morgan fingerprint density at radius 1 is 1.00 bits per heavy atom. The van der Waals surface area contributed by atoms with Gasteiger partial charge in [-0.25, -0.2) is 0 Å². The van der Waals surface area contributed by atoms with E-state index < -0.39 is 17.1 Å². The predicted octanol–water partition coefficient (Wildman–Crippen LogP) is 5.67. The van der Waals surface area contributed by atoms with Crippen molar-refractivity contribution in [1.29, 1.82) is 0 Å². The number of anilines is 2. The maximum atomic E-state index is 12.9. The van der Waals surface area contributed by atoms with Crippen LogP contribution in [0.5, 0.6) is 0 Å². The number of nitrogens with one attached hydrogen (secondary N) is 1. The van der Waals surface area contributed by atoms with Crippen LogP contribution in [0.3, 0.4) is 0 Å². The van der Waals surface area contributed by atoms with E-state index in [1.807, 2.05) is 36.4 Å². The topological polar surface area (TPSA) is 49.4 Å². The van der Waals surface area contributed by atoms with E-state index in [0.29, 0.717) is 11.4 Å². The molecule has 3 aromatic rings. The number of carbonyl (C=O) groups excluding carboxylic acids is 2. The van der Waals surface area contributed by atoms with Gasteiger partial charge >= 0.3 is 6.18 Å². The number of amides is 2. The molecule has 4 nitrogen and oxygen atoms in total. The minimum Gasteiger partial charge on any atom is -0.326 e. The number of benzene rings is 3. The van der Waals surface area contributed by atoms with Gasteiger partial charge in [0.2, 0.25) is 11.8 Å². The fourth-order valence-corrected chi connectivity index (χ4v) is 4.68. The van der Waals surface area contributed by atoms with E-state index in [9.17, 15) is 22.8 Å². The van der Waals surface area contributed by atoms with Crippen molar-refractivity contribution in [3.63, 3.8) is 0 Å². The Balaban J connectivity index is 1.52. The zero-order valence-corrected chi connectivity index (χ0v) is 17.6. The van der Waals surface area contributed by atoms with Crippen molar-refractivity contribution in [3.05, 3.63) is 95.6 Å². The number of hydrogen-bond acceptors (Lipinski definition) is 3. The van der Waals surface area contributed by atoms with Crippen molar-refractivity contribution in [3.8, 4) is 0 Å². The van der Waals surface area contributed by atoms with Gasteiger partial charge in [-0.1, -0.05) is 42.5 Å². The van der Waals surface area contributed by atoms with Crippen LogP contribution < -0.4 is 10.2 Å². The Hall–Kier alpha value is -3.26. The first-order chi connectivity index (χ1) is 15.3. The summed E-state index contributed by atoms with van der Waals surface area (Å²) in [5.74, 6) is -0.127. The lowest BCUT2D eigenvalue weighted by atomic mass is 10.1. The van der Waals surface area contributed by atoms with Gasteiger partial charge in [0.05, 0.1) is 17.7 Å². The van der Waals surface area contributed by atoms with Crippen LogP contribution >= 0.6 is 11.8 Å². The fourth-order valence-electron chi connectivity index (χ4n) is 3.52. The van der Waals surface area contributed by atoms with Crippen molar-refractivity contribution >= 4 is 35.0 Å². The Morgan fingerprint density at radius 3 is 2.41 bits per heavy atom. The molecule has 0 radical (unpaired) electrons. The van der Waals surface area contributed by atoms with E-state index in [0.717, 1.165) is 23.3 Å². The van der Waals surface area contributed by atoms with Gasteiger partial charge in [-0.2, -0.15) is 13.2 Å². The van der Waals surface area contributed by atoms with E-state index in [1.165, 1.54) is 28.8 Å². The molecular formula is C24H19F3N2O2S. The summed E-state index contributed by atoms with van der Waals surface area (Å²) in [5, 5.41) is 2.47. The van der Waals surface area contributed by atoms with Crippen molar-refractivity contribution < 1.29 is 22.8 Å². The predicted molar refractivity (Wildman–Crippen MR) is 119 cm³/mol. The zero-order chi connectivity index (χ0) is 22.7. The highest BCUT2D eigenvalue weighted by atomic mass is 32.2. The van der Waals surface area contributed by atoms with Gasteiger partial charge in [-0.05, 0) is 47.5 Å². The summed E-state index contributed by atoms with van der Waals surface area (Å²) < 4.78 is 38.6. The second kappa shape index (κ2) is 9.08. The normalized spacial score (nSPS) is 16.3. The van der Waals surface area contributed by atoms with Gasteiger partial charge in [0.1, 0.15) is 5.37 Å². The second-order valence-electron chi connectivity index (χ2n) is 7.31. The number of rotatable bonds is 5. The molecule has 0 aliphatic carbocycles. The number of thioether (sulfide) groups is 1. The highest BCUT2D eigenvalue weighted by molar-refractivity contribution is 8.00. The molecule has 0 aromatic heterocycles. The summed E-state index contributed by atoms with van der Waals surface area (Å²) in [6.07, 6.45) is -4.20. The molecule has 32 heavy (non-hydrogen) atoms. The molecule has 4 rings (SSSR count). The maximum Gasteiger partial charge on any atom is 0.416 e. The van der Waals surface area contributed by atoms with E-state index >= 15 is 0 Å². The van der Waals surface area contributed by atoms with Crippen LogP contribution in [-0.4, -0.2) is 17.6 Å². The molecule has 1 heterocycles. The van der Waals surface area contributed by atoms with Gasteiger partial charge in [-0.15, -0.1) is 11.8 Å². The van der Waals surface area contributed by atoms with Gasteiger partial charge in [-0.3, -0.25) is 14.5 Å². The Morgan fingerprint density at radius 2 is 1.72 bits per heavy atom. The molecular weight excluding hydrogens is 437 g/mol. The van der Waals surface area contributed by atoms with Crippen LogP contribution in [0.1, 0.15) is 22.1 Å². The van der Waals surface area contributed by atoms with Gasteiger partial charge in [0.25, 0.3) is 0 Å². The largest absolute Gasteiger partial charge is 0.416 e. The molecule has 8 heteroatoms. The molecule has 2 amide bonds. The number of carbonyl (C=O) groups is 2. The highest BCUT2D eigenvalue weighted by Gasteiger charge is 2.35. The van der Waals surface area contributed by atoms with Gasteiger partial charge < -0.3 is 5.32 Å². The quantitative estimate of drug-likeness (QED) is 0.539. The van der Waals surface area contributed by atoms with E-state index in [-0.39, 0.29) is 24.0 Å². The standard InChI is InChI=1S/C24H19F3N2O2S/c25-24(26,27)18-9-11-20(12-10-18)29-22(31)15-32-23(29)17-7-4-8-19(14-17)28-21(30)13-16-5-2-1-3-6-16/h1-12,14,23H,13,15H2,(H,28,30). The lowest BCUT2D eigenvalue weighted by Gasteiger charge is -2.25. The SMILES string of the molecule is O=C(Cc1ccccc1)Nc1cccc(C2SCC(=O)N2c2ccc(C(F)(F)F)cc2)c1. The third-order valence-corrected chi connectivity index (χ3v) is 6.22. The maximum absolute atomic E-state index is 12.9. The minimum atomic E-state index is -4.44. The van der Waals surface area contributed by atoms with E-state index in [4.69, 9.17) is 0 Å². The van der Waals surface area contributed by atoms with Crippen molar-refractivity contribution in [1.82, 2.24) is 0 Å². The van der Waals surface area contributed by atoms with Gasteiger partial charge in [0, 0.05) is 11.4 Å². The summed E-state index contributed by atoms with van der Waals surface area (Å²) in [7, 11) is 0. The van der Waals surface area contributed by atoms with E-state index in [2.05, 4.69) is 5.32 Å². The molecule has 0 spiro atoms. The first kappa shape index (κ1) is 22.0. The monoisotopic (exact) mass is 456 g/mol. The molecule has 3 aromatic carbocycles. The Kier molecular flexibility index (Phi) is 6.23. The molecule has 1 N–H and O–H groups in total. The van der Waals surface area contributed by atoms with Gasteiger partial charge in [0.15, 0.2) is 0 Å². The fraction of sp³-hybridized carbons (Fsp3) is 0.167. The smallest absolute Gasteiger partial charge is 0.326 e. The first-order valence-corrected chi connectivity index (χ1v) is 10.9. The molecule has 164 valence electrons. The van der Waals surface area contributed by atoms with Crippen LogP contribution in [0, 0.1) is 0 Å². The number of nitrogens with zero attached hydrogens (tertiary/aromatic N) is 1. The summed E-state index contributed by atoms with van der Waals surface area (Å²) in [6, 6.07) is 21.1. The lowest BCUT2D eigenvalue weighted by molar-refractivity contribution is -0.137. The van der Waals surface area contributed by atoms with E-state index in [1.54, 1.807) is 18.2 Å². The average molecular weight is 456 g/mol. The first-order valence-electron chi connectivity index (χ1n) is 9.86. The van der Waals surface area contributed by atoms with Crippen molar-refractivity contribution in [2.24, 2.45) is 0 Å². The third kappa shape index (κ3) is 4.96. The summed E-state index contributed by atoms with van der Waals surface area (Å²) >= 11 is 1.39. The summed E-state index contributed by atoms with van der Waals surface area (Å²) in [5.41, 5.74) is 1.90. The van der Waals surface area contributed by atoms with Crippen LogP contribution in [0.2, 0.25) is 0 Å². The van der Waals surface area contributed by atoms with Crippen LogP contribution in [-0.2, 0) is 22.2 Å². The molecule has 0 saturated carbocycles. The molecule has 0 bridgehead atoms. The second-order valence-corrected chi connectivity index (χ2v) is 8.38. The van der Waals surface area contributed by atoms with Crippen LogP contribution in [0.4, 0.5) is 24.5 Å². The Labute approximate surface area is 187 Å². The number of hydrogen-bond donors (Lipinski definition) is 1. The summed E-state index contributed by atoms with van der Waals surface area (Å²) in [6.45, 7) is 0. The highest BCUT2D eigenvalue weighted by Crippen LogP contribution is 2.43. The molecule has 1 unspecified atom stereocenters. The molecule has 1 aliphatic heterocycles. The van der Waals surface area contributed by atoms with Crippen molar-refractivity contribution in [2.45, 2.75) is 18.0 Å². The zero-order valence-electron chi connectivity index (χ0n) is 16.8. The number of halogens is 3. The number of alkyl halides is 3. The van der Waals surface area contributed by atoms with Crippen molar-refractivity contribution in [2.75, 3.05) is 16.0 Å². The summed E-state index contributed by atoms with van der Waals surface area (Å²) in [4.78, 5) is 26.4. The van der Waals surface area contributed by atoms with Crippen LogP contribution in [0.15, 0.2) is 78.9 Å². The average Bonchev–Trinajstić information content (AvgIpc) is 3.15. The van der Waals surface area contributed by atoms with Crippen LogP contribution in [0.25, 0.3) is 0 Å². The third-order valence-electron chi connectivity index (χ3n) is 5.00. The Bertz CT molecular complexity index is 1120. The molecule has 1 atom stereocenters. The lowest BCUT2D eigenvalue weighted by Crippen LogP contribution is -2.28. The molecule has 1 aliphatic rings.